The van der Waals surface area contributed by atoms with Gasteiger partial charge >= 0.3 is 0 Å². The molecule has 1 aliphatic rings. The van der Waals surface area contributed by atoms with E-state index in [9.17, 15) is 9.18 Å². The molecule has 0 aliphatic carbocycles. The van der Waals surface area contributed by atoms with Gasteiger partial charge < -0.3 is 25.2 Å². The van der Waals surface area contributed by atoms with Crippen molar-refractivity contribution in [1.82, 2.24) is 15.5 Å². The SMILES string of the molecule is CN=C(NCCNC(=O)c1ccc(C)c(F)c1)N1CCN(c2ccccc2OC)CC1.I. The van der Waals surface area contributed by atoms with Crippen molar-refractivity contribution in [3.8, 4) is 5.75 Å². The molecule has 1 fully saturated rings. The maximum Gasteiger partial charge on any atom is 0.251 e. The third-order valence-corrected chi connectivity index (χ3v) is 5.34. The first-order chi connectivity index (χ1) is 15.0. The number of aliphatic imine (C=N–C) groups is 1. The summed E-state index contributed by atoms with van der Waals surface area (Å²) < 4.78 is 19.1. The quantitative estimate of drug-likeness (QED) is 0.249. The maximum absolute atomic E-state index is 13.6. The van der Waals surface area contributed by atoms with Gasteiger partial charge in [-0.15, -0.1) is 24.0 Å². The largest absolute Gasteiger partial charge is 0.495 e. The van der Waals surface area contributed by atoms with Crippen molar-refractivity contribution in [2.75, 3.05) is 58.3 Å². The van der Waals surface area contributed by atoms with E-state index < -0.39 is 0 Å². The fourth-order valence-corrected chi connectivity index (χ4v) is 3.57. The van der Waals surface area contributed by atoms with Gasteiger partial charge in [-0.3, -0.25) is 9.79 Å². The third-order valence-electron chi connectivity index (χ3n) is 5.34. The number of anilines is 1. The van der Waals surface area contributed by atoms with Crippen LogP contribution in [0, 0.1) is 12.7 Å². The highest BCUT2D eigenvalue weighted by atomic mass is 127. The fraction of sp³-hybridized carbons (Fsp3) is 0.391. The Morgan fingerprint density at radius 2 is 1.78 bits per heavy atom. The number of benzene rings is 2. The molecular formula is C23H31FIN5O2. The molecule has 0 saturated carbocycles. The Hall–Kier alpha value is -2.56. The van der Waals surface area contributed by atoms with E-state index in [0.29, 0.717) is 24.2 Å². The van der Waals surface area contributed by atoms with Gasteiger partial charge in [-0.2, -0.15) is 0 Å². The van der Waals surface area contributed by atoms with Crippen LogP contribution in [0.5, 0.6) is 5.75 Å². The number of aryl methyl sites for hydroxylation is 1. The highest BCUT2D eigenvalue weighted by Crippen LogP contribution is 2.28. The van der Waals surface area contributed by atoms with E-state index in [1.165, 1.54) is 6.07 Å². The first-order valence-electron chi connectivity index (χ1n) is 10.4. The number of rotatable bonds is 6. The Labute approximate surface area is 206 Å². The zero-order valence-electron chi connectivity index (χ0n) is 18.7. The molecule has 32 heavy (non-hydrogen) atoms. The van der Waals surface area contributed by atoms with Gasteiger partial charge in [0.25, 0.3) is 5.91 Å². The summed E-state index contributed by atoms with van der Waals surface area (Å²) in [4.78, 5) is 21.1. The molecular weight excluding hydrogens is 524 g/mol. The number of methoxy groups -OCH3 is 1. The van der Waals surface area contributed by atoms with Crippen molar-refractivity contribution < 1.29 is 13.9 Å². The number of carbonyl (C=O) groups excluding carboxylic acids is 1. The minimum atomic E-state index is -0.376. The van der Waals surface area contributed by atoms with Gasteiger partial charge in [0.05, 0.1) is 12.8 Å². The summed E-state index contributed by atoms with van der Waals surface area (Å²) in [6.07, 6.45) is 0. The average Bonchev–Trinajstić information content (AvgIpc) is 2.81. The van der Waals surface area contributed by atoms with Crippen LogP contribution < -0.4 is 20.3 Å². The van der Waals surface area contributed by atoms with Crippen molar-refractivity contribution in [3.05, 3.63) is 59.4 Å². The Bertz CT molecular complexity index is 932. The molecule has 0 unspecified atom stereocenters. The molecule has 1 aliphatic heterocycles. The van der Waals surface area contributed by atoms with Crippen LogP contribution in [-0.4, -0.2) is 70.2 Å². The number of guanidine groups is 1. The second-order valence-electron chi connectivity index (χ2n) is 7.34. The number of para-hydroxylation sites is 2. The van der Waals surface area contributed by atoms with E-state index in [4.69, 9.17) is 4.74 Å². The number of piperazine rings is 1. The highest BCUT2D eigenvalue weighted by molar-refractivity contribution is 14.0. The van der Waals surface area contributed by atoms with E-state index >= 15 is 0 Å². The maximum atomic E-state index is 13.6. The zero-order chi connectivity index (χ0) is 22.2. The Morgan fingerprint density at radius 1 is 1.09 bits per heavy atom. The Balaban J connectivity index is 0.00000363. The van der Waals surface area contributed by atoms with Crippen LogP contribution in [0.3, 0.4) is 0 Å². The smallest absolute Gasteiger partial charge is 0.251 e. The van der Waals surface area contributed by atoms with Gasteiger partial charge in [-0.25, -0.2) is 4.39 Å². The molecule has 0 atom stereocenters. The number of halogens is 2. The molecule has 3 rings (SSSR count). The lowest BCUT2D eigenvalue weighted by atomic mass is 10.1. The lowest BCUT2D eigenvalue weighted by Crippen LogP contribution is -2.53. The van der Waals surface area contributed by atoms with E-state index in [1.54, 1.807) is 33.2 Å². The van der Waals surface area contributed by atoms with Crippen molar-refractivity contribution in [2.24, 2.45) is 4.99 Å². The summed E-state index contributed by atoms with van der Waals surface area (Å²) in [6.45, 7) is 5.98. The van der Waals surface area contributed by atoms with Crippen LogP contribution in [0.25, 0.3) is 0 Å². The summed E-state index contributed by atoms with van der Waals surface area (Å²) in [5.74, 6) is 1.01. The second kappa shape index (κ2) is 12.5. The summed E-state index contributed by atoms with van der Waals surface area (Å²) >= 11 is 0. The minimum Gasteiger partial charge on any atom is -0.495 e. The first-order valence-corrected chi connectivity index (χ1v) is 10.4. The predicted molar refractivity (Wildman–Crippen MR) is 137 cm³/mol. The molecule has 1 heterocycles. The molecule has 9 heteroatoms. The van der Waals surface area contributed by atoms with Crippen LogP contribution in [0.15, 0.2) is 47.5 Å². The number of nitrogens with zero attached hydrogens (tertiary/aromatic N) is 3. The van der Waals surface area contributed by atoms with E-state index in [1.807, 2.05) is 18.2 Å². The summed E-state index contributed by atoms with van der Waals surface area (Å²) in [5, 5.41) is 6.09. The number of amides is 1. The van der Waals surface area contributed by atoms with Gasteiger partial charge in [-0.1, -0.05) is 18.2 Å². The van der Waals surface area contributed by atoms with Gasteiger partial charge in [0.15, 0.2) is 5.96 Å². The molecule has 0 aromatic heterocycles. The van der Waals surface area contributed by atoms with Crippen molar-refractivity contribution >= 4 is 41.5 Å². The summed E-state index contributed by atoms with van der Waals surface area (Å²) in [7, 11) is 3.44. The molecule has 2 N–H and O–H groups in total. The van der Waals surface area contributed by atoms with Crippen LogP contribution in [0.4, 0.5) is 10.1 Å². The summed E-state index contributed by atoms with van der Waals surface area (Å²) in [5.41, 5.74) is 1.94. The molecule has 1 amide bonds. The Morgan fingerprint density at radius 3 is 2.44 bits per heavy atom. The fourth-order valence-electron chi connectivity index (χ4n) is 3.57. The predicted octanol–water partition coefficient (Wildman–Crippen LogP) is 2.89. The van der Waals surface area contributed by atoms with E-state index in [0.717, 1.165) is 43.6 Å². The van der Waals surface area contributed by atoms with Gasteiger partial charge in [0, 0.05) is 51.9 Å². The standard InChI is InChI=1S/C23H30FN5O2.HI/c1-17-8-9-18(16-19(17)24)22(30)26-10-11-27-23(25-2)29-14-12-28(13-15-29)20-6-4-5-7-21(20)31-3;/h4-9,16H,10-15H2,1-3H3,(H,25,27)(H,26,30);1H. The molecule has 1 saturated heterocycles. The van der Waals surface area contributed by atoms with Crippen LogP contribution in [0.2, 0.25) is 0 Å². The average molecular weight is 555 g/mol. The topological polar surface area (TPSA) is 69.2 Å². The summed E-state index contributed by atoms with van der Waals surface area (Å²) in [6, 6.07) is 12.5. The van der Waals surface area contributed by atoms with E-state index in [-0.39, 0.29) is 35.7 Å². The second-order valence-corrected chi connectivity index (χ2v) is 7.34. The molecule has 174 valence electrons. The van der Waals surface area contributed by atoms with Crippen LogP contribution in [0.1, 0.15) is 15.9 Å². The number of ether oxygens (including phenoxy) is 1. The third kappa shape index (κ3) is 6.47. The zero-order valence-corrected chi connectivity index (χ0v) is 21.1. The lowest BCUT2D eigenvalue weighted by Gasteiger charge is -2.38. The number of nitrogens with one attached hydrogen (secondary N) is 2. The monoisotopic (exact) mass is 555 g/mol. The Kier molecular flexibility index (Phi) is 10.0. The minimum absolute atomic E-state index is 0. The molecule has 0 spiro atoms. The highest BCUT2D eigenvalue weighted by Gasteiger charge is 2.21. The van der Waals surface area contributed by atoms with Gasteiger partial charge in [0.1, 0.15) is 11.6 Å². The molecule has 7 nitrogen and oxygen atoms in total. The molecule has 2 aromatic carbocycles. The van der Waals surface area contributed by atoms with Crippen molar-refractivity contribution in [3.63, 3.8) is 0 Å². The number of carbonyl (C=O) groups is 1. The number of hydrogen-bond acceptors (Lipinski definition) is 4. The van der Waals surface area contributed by atoms with Crippen molar-refractivity contribution in [2.45, 2.75) is 6.92 Å². The van der Waals surface area contributed by atoms with Crippen molar-refractivity contribution in [1.29, 1.82) is 0 Å². The first kappa shape index (κ1) is 25.7. The molecule has 0 radical (unpaired) electrons. The van der Waals surface area contributed by atoms with Gasteiger partial charge in [-0.05, 0) is 36.8 Å². The van der Waals surface area contributed by atoms with Crippen LogP contribution in [-0.2, 0) is 0 Å². The lowest BCUT2D eigenvalue weighted by molar-refractivity contribution is 0.0953. The molecule has 0 bridgehead atoms. The van der Waals surface area contributed by atoms with Gasteiger partial charge in [0.2, 0.25) is 0 Å². The van der Waals surface area contributed by atoms with Crippen LogP contribution >= 0.6 is 24.0 Å². The van der Waals surface area contributed by atoms with E-state index in [2.05, 4.69) is 31.5 Å². The normalized spacial score (nSPS) is 13.9. The number of hydrogen-bond donors (Lipinski definition) is 2. The molecule has 2 aromatic rings.